The lowest BCUT2D eigenvalue weighted by molar-refractivity contribution is 0.0176. The summed E-state index contributed by atoms with van der Waals surface area (Å²) in [5, 5.41) is 0. The SMILES string of the molecule is CC(C)(C)OC(=O)N1CCC(CCCOCc2cnc(Cl)s2)CC1. The summed E-state index contributed by atoms with van der Waals surface area (Å²) in [5.41, 5.74) is -0.423. The van der Waals surface area contributed by atoms with Gasteiger partial charge in [0.1, 0.15) is 5.60 Å². The van der Waals surface area contributed by atoms with Crippen molar-refractivity contribution in [2.24, 2.45) is 5.92 Å². The molecule has 1 aliphatic heterocycles. The second-order valence-corrected chi connectivity index (χ2v) is 8.88. The van der Waals surface area contributed by atoms with E-state index in [2.05, 4.69) is 4.98 Å². The molecule has 5 nitrogen and oxygen atoms in total. The molecule has 136 valence electrons. The summed E-state index contributed by atoms with van der Waals surface area (Å²) in [6, 6.07) is 0. The molecule has 1 aliphatic rings. The largest absolute Gasteiger partial charge is 0.444 e. The predicted octanol–water partition coefficient (Wildman–Crippen LogP) is 4.74. The molecule has 1 aromatic rings. The molecule has 0 saturated carbocycles. The molecule has 0 aromatic carbocycles. The van der Waals surface area contributed by atoms with Gasteiger partial charge >= 0.3 is 6.09 Å². The molecule has 2 rings (SSSR count). The van der Waals surface area contributed by atoms with Gasteiger partial charge in [0.25, 0.3) is 0 Å². The van der Waals surface area contributed by atoms with E-state index in [1.54, 1.807) is 6.20 Å². The molecular formula is C17H27ClN2O3S. The van der Waals surface area contributed by atoms with Crippen LogP contribution in [0.3, 0.4) is 0 Å². The van der Waals surface area contributed by atoms with Gasteiger partial charge in [-0.3, -0.25) is 0 Å². The summed E-state index contributed by atoms with van der Waals surface area (Å²) in [4.78, 5) is 18.9. The lowest BCUT2D eigenvalue weighted by Gasteiger charge is -2.33. The van der Waals surface area contributed by atoms with E-state index in [0.717, 1.165) is 50.3 Å². The van der Waals surface area contributed by atoms with Crippen LogP contribution in [0.25, 0.3) is 0 Å². The van der Waals surface area contributed by atoms with Crippen LogP contribution in [0.5, 0.6) is 0 Å². The number of likely N-dealkylation sites (tertiary alicyclic amines) is 1. The molecule has 0 spiro atoms. The molecule has 2 heterocycles. The zero-order valence-corrected chi connectivity index (χ0v) is 16.3. The number of nitrogens with zero attached hydrogens (tertiary/aromatic N) is 2. The van der Waals surface area contributed by atoms with E-state index in [1.165, 1.54) is 11.3 Å². The lowest BCUT2D eigenvalue weighted by Crippen LogP contribution is -2.41. The second kappa shape index (κ2) is 9.02. The van der Waals surface area contributed by atoms with Crippen molar-refractivity contribution in [1.29, 1.82) is 0 Å². The van der Waals surface area contributed by atoms with Crippen LogP contribution in [0.4, 0.5) is 4.79 Å². The maximum atomic E-state index is 12.0. The lowest BCUT2D eigenvalue weighted by atomic mass is 9.92. The van der Waals surface area contributed by atoms with Crippen molar-refractivity contribution in [3.8, 4) is 0 Å². The van der Waals surface area contributed by atoms with Gasteiger partial charge in [0.15, 0.2) is 4.47 Å². The van der Waals surface area contributed by atoms with Gasteiger partial charge in [0, 0.05) is 25.9 Å². The molecule has 24 heavy (non-hydrogen) atoms. The monoisotopic (exact) mass is 374 g/mol. The number of aromatic nitrogens is 1. The third-order valence-electron chi connectivity index (χ3n) is 3.94. The topological polar surface area (TPSA) is 51.7 Å². The number of hydrogen-bond donors (Lipinski definition) is 0. The van der Waals surface area contributed by atoms with Crippen LogP contribution in [-0.4, -0.2) is 41.3 Å². The van der Waals surface area contributed by atoms with E-state index in [4.69, 9.17) is 21.1 Å². The molecule has 1 amide bonds. The number of amides is 1. The van der Waals surface area contributed by atoms with Crippen LogP contribution < -0.4 is 0 Å². The van der Waals surface area contributed by atoms with Gasteiger partial charge in [-0.25, -0.2) is 9.78 Å². The summed E-state index contributed by atoms with van der Waals surface area (Å²) in [7, 11) is 0. The van der Waals surface area contributed by atoms with Gasteiger partial charge in [0.2, 0.25) is 0 Å². The summed E-state index contributed by atoms with van der Waals surface area (Å²) in [6.07, 6.45) is 5.86. The minimum atomic E-state index is -0.423. The first kappa shape index (κ1) is 19.5. The van der Waals surface area contributed by atoms with Crippen molar-refractivity contribution in [3.63, 3.8) is 0 Å². The Hall–Kier alpha value is -0.850. The van der Waals surface area contributed by atoms with Crippen LogP contribution in [0.15, 0.2) is 6.20 Å². The second-order valence-electron chi connectivity index (χ2n) is 7.19. The Kier molecular flexibility index (Phi) is 7.32. The highest BCUT2D eigenvalue weighted by Gasteiger charge is 2.26. The van der Waals surface area contributed by atoms with Crippen molar-refractivity contribution >= 4 is 29.0 Å². The highest BCUT2D eigenvalue weighted by Crippen LogP contribution is 2.24. The number of carbonyl (C=O) groups is 1. The fraction of sp³-hybridized carbons (Fsp3) is 0.765. The highest BCUT2D eigenvalue weighted by molar-refractivity contribution is 7.15. The van der Waals surface area contributed by atoms with Crippen molar-refractivity contribution in [2.75, 3.05) is 19.7 Å². The fourth-order valence-electron chi connectivity index (χ4n) is 2.73. The van der Waals surface area contributed by atoms with Crippen molar-refractivity contribution in [2.45, 2.75) is 58.7 Å². The van der Waals surface area contributed by atoms with E-state index in [-0.39, 0.29) is 6.09 Å². The van der Waals surface area contributed by atoms with Crippen LogP contribution >= 0.6 is 22.9 Å². The first-order chi connectivity index (χ1) is 11.3. The Morgan fingerprint density at radius 2 is 2.12 bits per heavy atom. The van der Waals surface area contributed by atoms with Gasteiger partial charge in [-0.05, 0) is 52.4 Å². The molecule has 7 heteroatoms. The zero-order chi connectivity index (χ0) is 17.6. The third-order valence-corrected chi connectivity index (χ3v) is 5.03. The van der Waals surface area contributed by atoms with Crippen LogP contribution in [0.2, 0.25) is 4.47 Å². The summed E-state index contributed by atoms with van der Waals surface area (Å²) in [5.74, 6) is 0.671. The smallest absolute Gasteiger partial charge is 0.410 e. The number of rotatable bonds is 6. The minimum Gasteiger partial charge on any atom is -0.444 e. The molecule has 1 saturated heterocycles. The molecule has 0 bridgehead atoms. The number of piperidine rings is 1. The van der Waals surface area contributed by atoms with Gasteiger partial charge in [0.05, 0.1) is 11.5 Å². The maximum Gasteiger partial charge on any atom is 0.410 e. The van der Waals surface area contributed by atoms with Crippen LogP contribution in [-0.2, 0) is 16.1 Å². The zero-order valence-electron chi connectivity index (χ0n) is 14.7. The fourth-order valence-corrected chi connectivity index (χ4v) is 3.64. The summed E-state index contributed by atoms with van der Waals surface area (Å²) < 4.78 is 11.6. The van der Waals surface area contributed by atoms with Gasteiger partial charge in [-0.15, -0.1) is 11.3 Å². The van der Waals surface area contributed by atoms with E-state index >= 15 is 0 Å². The Bertz CT molecular complexity index is 522. The third kappa shape index (κ3) is 6.95. The average molecular weight is 375 g/mol. The molecule has 1 aromatic heterocycles. The Balaban J connectivity index is 1.55. The van der Waals surface area contributed by atoms with E-state index < -0.39 is 5.60 Å². The quantitative estimate of drug-likeness (QED) is 0.675. The molecule has 1 fully saturated rings. The number of ether oxygens (including phenoxy) is 2. The molecular weight excluding hydrogens is 348 g/mol. The van der Waals surface area contributed by atoms with Gasteiger partial charge in [-0.2, -0.15) is 0 Å². The van der Waals surface area contributed by atoms with Crippen molar-refractivity contribution < 1.29 is 14.3 Å². The molecule has 0 N–H and O–H groups in total. The van der Waals surface area contributed by atoms with Crippen LogP contribution in [0, 0.1) is 5.92 Å². The van der Waals surface area contributed by atoms with Crippen molar-refractivity contribution in [3.05, 3.63) is 15.5 Å². The average Bonchev–Trinajstić information content (AvgIpc) is 2.91. The number of thiazole rings is 1. The van der Waals surface area contributed by atoms with E-state index in [1.807, 2.05) is 25.7 Å². The Morgan fingerprint density at radius 1 is 1.42 bits per heavy atom. The Morgan fingerprint density at radius 3 is 2.71 bits per heavy atom. The van der Waals surface area contributed by atoms with Gasteiger partial charge in [-0.1, -0.05) is 11.6 Å². The van der Waals surface area contributed by atoms with Gasteiger partial charge < -0.3 is 14.4 Å². The predicted molar refractivity (Wildman–Crippen MR) is 96.5 cm³/mol. The highest BCUT2D eigenvalue weighted by atomic mass is 35.5. The number of hydrogen-bond acceptors (Lipinski definition) is 5. The first-order valence-corrected chi connectivity index (χ1v) is 9.69. The van der Waals surface area contributed by atoms with E-state index in [9.17, 15) is 4.79 Å². The summed E-state index contributed by atoms with van der Waals surface area (Å²) >= 11 is 7.25. The molecule has 0 radical (unpaired) electrons. The standard InChI is InChI=1S/C17H27ClN2O3S/c1-17(2,3)23-16(21)20-8-6-13(7-9-20)5-4-10-22-12-14-11-19-15(18)24-14/h11,13H,4-10,12H2,1-3H3. The number of halogens is 1. The maximum absolute atomic E-state index is 12.0. The first-order valence-electron chi connectivity index (χ1n) is 8.49. The number of carbonyl (C=O) groups excluding carboxylic acids is 1. The normalized spacial score (nSPS) is 16.4. The van der Waals surface area contributed by atoms with Crippen molar-refractivity contribution in [1.82, 2.24) is 9.88 Å². The molecule has 0 atom stereocenters. The van der Waals surface area contributed by atoms with Crippen LogP contribution in [0.1, 0.15) is 51.3 Å². The van der Waals surface area contributed by atoms with E-state index in [0.29, 0.717) is 17.0 Å². The molecule has 0 aliphatic carbocycles. The summed E-state index contributed by atoms with van der Waals surface area (Å²) in [6.45, 7) is 8.62. The minimum absolute atomic E-state index is 0.187. The molecule has 0 unspecified atom stereocenters. The Labute approximate surface area is 153 Å².